The molecule has 0 amide bonds. The third kappa shape index (κ3) is 33.5. The van der Waals surface area contributed by atoms with Crippen LogP contribution in [0, 0.1) is 0 Å². The van der Waals surface area contributed by atoms with E-state index < -0.39 is 0 Å². The van der Waals surface area contributed by atoms with Gasteiger partial charge in [-0.2, -0.15) is 0 Å². The Morgan fingerprint density at radius 1 is 0.436 bits per heavy atom. The zero-order chi connectivity index (χ0) is 28.3. The molecule has 0 spiro atoms. The first-order valence-corrected chi connectivity index (χ1v) is 17.3. The molecular formula is C34H69NO4. The van der Waals surface area contributed by atoms with Crippen LogP contribution in [-0.2, 0) is 9.68 Å². The first kappa shape index (κ1) is 38.4. The molecular weight excluding hydrogens is 486 g/mol. The van der Waals surface area contributed by atoms with E-state index in [1.807, 2.05) is 6.08 Å². The molecule has 0 radical (unpaired) electrons. The monoisotopic (exact) mass is 556 g/mol. The van der Waals surface area contributed by atoms with Gasteiger partial charge in [0.05, 0.1) is 19.4 Å². The maximum absolute atomic E-state index is 8.84. The van der Waals surface area contributed by atoms with Crippen molar-refractivity contribution in [3.05, 3.63) is 12.3 Å². The molecule has 0 aromatic carbocycles. The molecule has 0 heterocycles. The SMILES string of the molecule is CCCCCCCCCCCCCCCCCCCCCCCCCCCCC=CN(OCCO)OCCO. The van der Waals surface area contributed by atoms with E-state index in [2.05, 4.69) is 6.92 Å². The summed E-state index contributed by atoms with van der Waals surface area (Å²) in [5.41, 5.74) is 0. The number of unbranched alkanes of at least 4 members (excludes halogenated alkanes) is 26. The molecule has 5 heteroatoms. The minimum Gasteiger partial charge on any atom is -0.394 e. The smallest absolute Gasteiger partial charge is 0.101 e. The number of hydroxylamine groups is 2. The fourth-order valence-electron chi connectivity index (χ4n) is 5.12. The van der Waals surface area contributed by atoms with Crippen LogP contribution in [0.1, 0.15) is 180 Å². The highest BCUT2D eigenvalue weighted by molar-refractivity contribution is 4.76. The van der Waals surface area contributed by atoms with Crippen LogP contribution in [0.4, 0.5) is 0 Å². The summed E-state index contributed by atoms with van der Waals surface area (Å²) in [6.45, 7) is 2.52. The van der Waals surface area contributed by atoms with Crippen molar-refractivity contribution in [1.82, 2.24) is 5.23 Å². The van der Waals surface area contributed by atoms with Gasteiger partial charge in [-0.15, -0.1) is 5.23 Å². The Hall–Kier alpha value is -0.620. The third-order valence-electron chi connectivity index (χ3n) is 7.57. The van der Waals surface area contributed by atoms with E-state index >= 15 is 0 Å². The van der Waals surface area contributed by atoms with Crippen molar-refractivity contribution < 1.29 is 19.9 Å². The van der Waals surface area contributed by atoms with Crippen molar-refractivity contribution in [2.24, 2.45) is 0 Å². The average Bonchev–Trinajstić information content (AvgIpc) is 2.95. The Labute approximate surface area is 244 Å². The minimum atomic E-state index is -0.0631. The molecule has 0 aliphatic heterocycles. The first-order chi connectivity index (χ1) is 19.3. The lowest BCUT2D eigenvalue weighted by Gasteiger charge is -2.17. The lowest BCUT2D eigenvalue weighted by atomic mass is 10.0. The quantitative estimate of drug-likeness (QED) is 0.0611. The van der Waals surface area contributed by atoms with Crippen molar-refractivity contribution in [2.75, 3.05) is 26.4 Å². The summed E-state index contributed by atoms with van der Waals surface area (Å²) in [5, 5.41) is 18.9. The fourth-order valence-corrected chi connectivity index (χ4v) is 5.12. The third-order valence-corrected chi connectivity index (χ3v) is 7.57. The van der Waals surface area contributed by atoms with Gasteiger partial charge in [0, 0.05) is 0 Å². The van der Waals surface area contributed by atoms with Crippen molar-refractivity contribution in [3.8, 4) is 0 Å². The summed E-state index contributed by atoms with van der Waals surface area (Å²) in [4.78, 5) is 10.4. The summed E-state index contributed by atoms with van der Waals surface area (Å²) < 4.78 is 0. The second kappa shape index (κ2) is 35.4. The molecule has 0 unspecified atom stereocenters. The molecule has 2 N–H and O–H groups in total. The summed E-state index contributed by atoms with van der Waals surface area (Å²) in [6, 6.07) is 0. The minimum absolute atomic E-state index is 0.0631. The zero-order valence-electron chi connectivity index (χ0n) is 26.2. The molecule has 234 valence electrons. The highest BCUT2D eigenvalue weighted by Gasteiger charge is 1.99. The van der Waals surface area contributed by atoms with Gasteiger partial charge < -0.3 is 10.2 Å². The Morgan fingerprint density at radius 2 is 0.718 bits per heavy atom. The normalized spacial score (nSPS) is 11.7. The predicted octanol–water partition coefficient (Wildman–Crippen LogP) is 10.2. The van der Waals surface area contributed by atoms with E-state index in [1.54, 1.807) is 6.20 Å². The van der Waals surface area contributed by atoms with Gasteiger partial charge in [0.2, 0.25) is 0 Å². The van der Waals surface area contributed by atoms with E-state index in [0.29, 0.717) is 0 Å². The Kier molecular flexibility index (Phi) is 34.8. The predicted molar refractivity (Wildman–Crippen MR) is 167 cm³/mol. The van der Waals surface area contributed by atoms with Crippen LogP contribution in [-0.4, -0.2) is 41.9 Å². The molecule has 0 aliphatic carbocycles. The van der Waals surface area contributed by atoms with Gasteiger partial charge in [-0.25, -0.2) is 9.68 Å². The number of allylic oxidation sites excluding steroid dienone is 1. The van der Waals surface area contributed by atoms with Crippen molar-refractivity contribution >= 4 is 0 Å². The number of nitrogens with zero attached hydrogens (tertiary/aromatic N) is 1. The van der Waals surface area contributed by atoms with Crippen molar-refractivity contribution in [3.63, 3.8) is 0 Å². The second-order valence-electron chi connectivity index (χ2n) is 11.4. The number of aliphatic hydroxyl groups excluding tert-OH is 2. The highest BCUT2D eigenvalue weighted by Crippen LogP contribution is 2.16. The summed E-state index contributed by atoms with van der Waals surface area (Å²) in [5.74, 6) is 0. The van der Waals surface area contributed by atoms with Gasteiger partial charge in [0.15, 0.2) is 0 Å². The van der Waals surface area contributed by atoms with Crippen LogP contribution in [0.3, 0.4) is 0 Å². The molecule has 0 rings (SSSR count). The maximum Gasteiger partial charge on any atom is 0.101 e. The lowest BCUT2D eigenvalue weighted by molar-refractivity contribution is -0.339. The Morgan fingerprint density at radius 3 is 1.00 bits per heavy atom. The van der Waals surface area contributed by atoms with Crippen LogP contribution >= 0.6 is 0 Å². The van der Waals surface area contributed by atoms with E-state index in [0.717, 1.165) is 6.42 Å². The molecule has 5 nitrogen and oxygen atoms in total. The lowest BCUT2D eigenvalue weighted by Crippen LogP contribution is -2.22. The summed E-state index contributed by atoms with van der Waals surface area (Å²) in [6.07, 6.45) is 41.6. The van der Waals surface area contributed by atoms with Gasteiger partial charge >= 0.3 is 0 Å². The van der Waals surface area contributed by atoms with E-state index in [4.69, 9.17) is 19.9 Å². The molecule has 0 aromatic rings. The molecule has 39 heavy (non-hydrogen) atoms. The molecule has 0 bridgehead atoms. The Bertz CT molecular complexity index is 452. The standard InChI is InChI=1S/C34H69NO4/c1-2-3-4-5-6-7-8-9-10-11-12-13-14-15-16-17-18-19-20-21-22-23-24-25-26-27-28-29-30-35(38-33-31-36)39-34-32-37/h29-30,36-37H,2-28,31-34H2,1H3. The number of hydrogen-bond donors (Lipinski definition) is 2. The van der Waals surface area contributed by atoms with Crippen LogP contribution in [0.25, 0.3) is 0 Å². The van der Waals surface area contributed by atoms with Gasteiger partial charge in [-0.1, -0.05) is 174 Å². The van der Waals surface area contributed by atoms with Crippen LogP contribution in [0.2, 0.25) is 0 Å². The van der Waals surface area contributed by atoms with Gasteiger partial charge in [0.1, 0.15) is 13.2 Å². The van der Waals surface area contributed by atoms with Crippen molar-refractivity contribution in [2.45, 2.75) is 180 Å². The van der Waals surface area contributed by atoms with Crippen LogP contribution in [0.15, 0.2) is 12.3 Å². The number of hydrogen-bond acceptors (Lipinski definition) is 5. The van der Waals surface area contributed by atoms with Gasteiger partial charge in [0.25, 0.3) is 0 Å². The molecule has 0 atom stereocenters. The number of rotatable bonds is 34. The van der Waals surface area contributed by atoms with E-state index in [1.165, 1.54) is 172 Å². The molecule has 0 aromatic heterocycles. The second-order valence-corrected chi connectivity index (χ2v) is 11.4. The fraction of sp³-hybridized carbons (Fsp3) is 0.941. The molecule has 0 aliphatic rings. The summed E-state index contributed by atoms with van der Waals surface area (Å²) in [7, 11) is 0. The average molecular weight is 556 g/mol. The van der Waals surface area contributed by atoms with Gasteiger partial charge in [-0.05, 0) is 12.8 Å². The molecule has 0 saturated carbocycles. The largest absolute Gasteiger partial charge is 0.394 e. The van der Waals surface area contributed by atoms with Crippen LogP contribution < -0.4 is 0 Å². The van der Waals surface area contributed by atoms with E-state index in [-0.39, 0.29) is 26.4 Å². The maximum atomic E-state index is 8.84. The number of aliphatic hydroxyl groups is 2. The van der Waals surface area contributed by atoms with Gasteiger partial charge in [-0.3, -0.25) is 0 Å². The highest BCUT2D eigenvalue weighted by atomic mass is 16.9. The van der Waals surface area contributed by atoms with Crippen LogP contribution in [0.5, 0.6) is 0 Å². The topological polar surface area (TPSA) is 62.2 Å². The zero-order valence-corrected chi connectivity index (χ0v) is 26.2. The molecule has 0 fully saturated rings. The molecule has 0 saturated heterocycles. The van der Waals surface area contributed by atoms with E-state index in [9.17, 15) is 0 Å². The van der Waals surface area contributed by atoms with Crippen molar-refractivity contribution in [1.29, 1.82) is 0 Å². The Balaban J connectivity index is 3.20. The summed E-state index contributed by atoms with van der Waals surface area (Å²) >= 11 is 0. The first-order valence-electron chi connectivity index (χ1n) is 17.3.